The molecule has 0 aliphatic heterocycles. The van der Waals surface area contributed by atoms with E-state index in [2.05, 4.69) is 5.10 Å². The molecule has 0 N–H and O–H groups in total. The Balaban J connectivity index is 1.97. The lowest BCUT2D eigenvalue weighted by Crippen LogP contribution is -2.28. The fourth-order valence-electron chi connectivity index (χ4n) is 4.29. The SMILES string of the molecule is CCOC(=O)Cn1nc(Cn2c(C(=O)CC)c(-c3ccccc3)c3cc(Cl)ccc3c2=O)cc1S(C)=O. The van der Waals surface area contributed by atoms with E-state index in [-0.39, 0.29) is 43.2 Å². The largest absolute Gasteiger partial charge is 0.465 e. The van der Waals surface area contributed by atoms with Crippen molar-refractivity contribution in [1.29, 1.82) is 0 Å². The van der Waals surface area contributed by atoms with E-state index in [1.165, 1.54) is 15.5 Å². The summed E-state index contributed by atoms with van der Waals surface area (Å²) in [5.74, 6) is -0.736. The molecular formula is C27H26ClN3O5S. The third kappa shape index (κ3) is 5.42. The number of pyridine rings is 1. The first-order valence-electron chi connectivity index (χ1n) is 11.8. The number of hydrogen-bond donors (Lipinski definition) is 0. The van der Waals surface area contributed by atoms with Gasteiger partial charge < -0.3 is 4.74 Å². The molecule has 0 spiro atoms. The van der Waals surface area contributed by atoms with E-state index >= 15 is 0 Å². The van der Waals surface area contributed by atoms with Crippen LogP contribution in [0, 0.1) is 0 Å². The molecule has 1 atom stereocenters. The van der Waals surface area contributed by atoms with E-state index in [1.807, 2.05) is 30.3 Å². The number of Topliss-reactive ketones (excluding diaryl/α,β-unsaturated/α-hetero) is 1. The maximum Gasteiger partial charge on any atom is 0.327 e. The fourth-order valence-corrected chi connectivity index (χ4v) is 5.16. The molecule has 0 bridgehead atoms. The third-order valence-electron chi connectivity index (χ3n) is 5.87. The van der Waals surface area contributed by atoms with E-state index in [0.717, 1.165) is 5.56 Å². The van der Waals surface area contributed by atoms with Crippen molar-refractivity contribution in [3.05, 3.63) is 81.4 Å². The second-order valence-electron chi connectivity index (χ2n) is 8.34. The summed E-state index contributed by atoms with van der Waals surface area (Å²) in [6.07, 6.45) is 1.65. The number of esters is 1. The Bertz CT molecular complexity index is 1580. The lowest BCUT2D eigenvalue weighted by atomic mass is 9.94. The van der Waals surface area contributed by atoms with E-state index in [0.29, 0.717) is 32.1 Å². The fraction of sp³-hybridized carbons (Fsp3) is 0.259. The number of halogens is 1. The topological polar surface area (TPSA) is 100 Å². The second kappa shape index (κ2) is 11.2. The zero-order chi connectivity index (χ0) is 26.7. The molecule has 4 rings (SSSR count). The van der Waals surface area contributed by atoms with Gasteiger partial charge in [0.15, 0.2) is 5.78 Å². The average Bonchev–Trinajstić information content (AvgIpc) is 3.27. The predicted octanol–water partition coefficient (Wildman–Crippen LogP) is 4.46. The van der Waals surface area contributed by atoms with Crippen molar-refractivity contribution in [3.63, 3.8) is 0 Å². The number of ketones is 1. The number of ether oxygens (including phenoxy) is 1. The van der Waals surface area contributed by atoms with Crippen LogP contribution < -0.4 is 5.56 Å². The molecule has 0 radical (unpaired) electrons. The first kappa shape index (κ1) is 26.5. The molecule has 0 amide bonds. The number of hydrogen-bond acceptors (Lipinski definition) is 6. The Morgan fingerprint density at radius 3 is 2.43 bits per heavy atom. The number of rotatable bonds is 9. The summed E-state index contributed by atoms with van der Waals surface area (Å²) in [7, 11) is -1.45. The minimum Gasteiger partial charge on any atom is -0.465 e. The summed E-state index contributed by atoms with van der Waals surface area (Å²) < 4.78 is 20.1. The van der Waals surface area contributed by atoms with Crippen LogP contribution in [0.1, 0.15) is 36.5 Å². The van der Waals surface area contributed by atoms with Crippen LogP contribution in [0.4, 0.5) is 0 Å². The van der Waals surface area contributed by atoms with Gasteiger partial charge in [0.25, 0.3) is 5.56 Å². The minimum absolute atomic E-state index is 0.0572. The average molecular weight is 540 g/mol. The second-order valence-corrected chi connectivity index (χ2v) is 10.1. The molecule has 10 heteroatoms. The Labute approximate surface area is 221 Å². The van der Waals surface area contributed by atoms with Gasteiger partial charge in [-0.25, -0.2) is 4.68 Å². The molecule has 0 saturated heterocycles. The van der Waals surface area contributed by atoms with Crippen LogP contribution in [0.3, 0.4) is 0 Å². The number of carbonyl (C=O) groups excluding carboxylic acids is 2. The van der Waals surface area contributed by atoms with Crippen molar-refractivity contribution >= 4 is 44.9 Å². The highest BCUT2D eigenvalue weighted by molar-refractivity contribution is 7.84. The molecule has 0 aliphatic rings. The summed E-state index contributed by atoms with van der Waals surface area (Å²) in [6.45, 7) is 3.36. The highest BCUT2D eigenvalue weighted by atomic mass is 35.5. The van der Waals surface area contributed by atoms with E-state index in [1.54, 1.807) is 38.1 Å². The number of carbonyl (C=O) groups is 2. The predicted molar refractivity (Wildman–Crippen MR) is 144 cm³/mol. The minimum atomic E-state index is -1.45. The van der Waals surface area contributed by atoms with Gasteiger partial charge in [-0.3, -0.25) is 23.2 Å². The molecule has 0 fully saturated rings. The lowest BCUT2D eigenvalue weighted by Gasteiger charge is -2.19. The molecule has 2 aromatic heterocycles. The van der Waals surface area contributed by atoms with Gasteiger partial charge in [0, 0.05) is 28.6 Å². The molecule has 0 aliphatic carbocycles. The molecule has 4 aromatic rings. The van der Waals surface area contributed by atoms with Crippen LogP contribution in [0.5, 0.6) is 0 Å². The van der Waals surface area contributed by atoms with Crippen LogP contribution in [0.2, 0.25) is 5.02 Å². The first-order valence-corrected chi connectivity index (χ1v) is 13.7. The molecule has 8 nitrogen and oxygen atoms in total. The van der Waals surface area contributed by atoms with Gasteiger partial charge in [0.1, 0.15) is 11.6 Å². The molecule has 37 heavy (non-hydrogen) atoms. The van der Waals surface area contributed by atoms with Gasteiger partial charge >= 0.3 is 5.97 Å². The van der Waals surface area contributed by atoms with Gasteiger partial charge in [0.2, 0.25) is 0 Å². The maximum atomic E-state index is 13.8. The van der Waals surface area contributed by atoms with Gasteiger partial charge in [-0.15, -0.1) is 0 Å². The monoisotopic (exact) mass is 539 g/mol. The molecule has 2 aromatic carbocycles. The Morgan fingerprint density at radius 1 is 1.05 bits per heavy atom. The number of fused-ring (bicyclic) bond motifs is 1. The van der Waals surface area contributed by atoms with Crippen molar-refractivity contribution in [2.45, 2.75) is 38.4 Å². The van der Waals surface area contributed by atoms with Crippen molar-refractivity contribution in [2.75, 3.05) is 12.9 Å². The quantitative estimate of drug-likeness (QED) is 0.230. The van der Waals surface area contributed by atoms with E-state index in [4.69, 9.17) is 16.3 Å². The smallest absolute Gasteiger partial charge is 0.327 e. The van der Waals surface area contributed by atoms with Crippen molar-refractivity contribution in [2.24, 2.45) is 0 Å². The maximum absolute atomic E-state index is 13.8. The zero-order valence-electron chi connectivity index (χ0n) is 20.7. The normalized spacial score (nSPS) is 12.0. The lowest BCUT2D eigenvalue weighted by molar-refractivity contribution is -0.144. The van der Waals surface area contributed by atoms with E-state index < -0.39 is 16.8 Å². The summed E-state index contributed by atoms with van der Waals surface area (Å²) >= 11 is 6.31. The molecule has 2 heterocycles. The summed E-state index contributed by atoms with van der Waals surface area (Å²) in [5.41, 5.74) is 1.63. The van der Waals surface area contributed by atoms with Crippen LogP contribution in [-0.2, 0) is 33.4 Å². The van der Waals surface area contributed by atoms with Gasteiger partial charge in [-0.05, 0) is 42.1 Å². The van der Waals surface area contributed by atoms with Crippen molar-refractivity contribution in [1.82, 2.24) is 14.3 Å². The molecule has 1 unspecified atom stereocenters. The first-order chi connectivity index (χ1) is 17.7. The van der Waals surface area contributed by atoms with Crippen molar-refractivity contribution in [3.8, 4) is 11.1 Å². The number of benzene rings is 2. The highest BCUT2D eigenvalue weighted by Gasteiger charge is 2.24. The molecular weight excluding hydrogens is 514 g/mol. The van der Waals surface area contributed by atoms with Crippen LogP contribution >= 0.6 is 11.6 Å². The van der Waals surface area contributed by atoms with Gasteiger partial charge in [0.05, 0.1) is 35.3 Å². The van der Waals surface area contributed by atoms with Gasteiger partial charge in [-0.2, -0.15) is 5.10 Å². The third-order valence-corrected chi connectivity index (χ3v) is 7.03. The number of aromatic nitrogens is 3. The van der Waals surface area contributed by atoms with Crippen LogP contribution in [0.15, 0.2) is 64.4 Å². The summed E-state index contributed by atoms with van der Waals surface area (Å²) in [5, 5.41) is 6.19. The highest BCUT2D eigenvalue weighted by Crippen LogP contribution is 2.33. The molecule has 0 saturated carbocycles. The Hall–Kier alpha value is -3.56. The number of nitrogens with zero attached hydrogens (tertiary/aromatic N) is 3. The summed E-state index contributed by atoms with van der Waals surface area (Å²) in [6, 6.07) is 15.9. The molecule has 192 valence electrons. The summed E-state index contributed by atoms with van der Waals surface area (Å²) in [4.78, 5) is 39.2. The van der Waals surface area contributed by atoms with Gasteiger partial charge in [-0.1, -0.05) is 48.9 Å². The van der Waals surface area contributed by atoms with E-state index in [9.17, 15) is 18.6 Å². The van der Waals surface area contributed by atoms with Crippen LogP contribution in [0.25, 0.3) is 21.9 Å². The Kier molecular flexibility index (Phi) is 8.04. The van der Waals surface area contributed by atoms with Crippen molar-refractivity contribution < 1.29 is 18.5 Å². The standard InChI is InChI=1S/C27H26ClN3O5S/c1-4-22(32)26-25(17-9-7-6-8-10-17)21-13-18(28)11-12-20(21)27(34)30(26)15-19-14-23(37(3)35)31(29-19)16-24(33)36-5-2/h6-14H,4-5,15-16H2,1-3H3. The van der Waals surface area contributed by atoms with Crippen LogP contribution in [-0.4, -0.2) is 43.2 Å². The Morgan fingerprint density at radius 2 is 1.78 bits per heavy atom. The zero-order valence-corrected chi connectivity index (χ0v) is 22.3.